The number of pyridine rings is 1. The molecule has 0 aromatic carbocycles. The van der Waals surface area contributed by atoms with Crippen LogP contribution in [0, 0.1) is 5.92 Å². The van der Waals surface area contributed by atoms with Gasteiger partial charge >= 0.3 is 0 Å². The van der Waals surface area contributed by atoms with Crippen LogP contribution in [0.1, 0.15) is 23.4 Å². The minimum atomic E-state index is 0.303. The highest BCUT2D eigenvalue weighted by molar-refractivity contribution is 7.09. The van der Waals surface area contributed by atoms with Gasteiger partial charge in [-0.3, -0.25) is 9.88 Å². The van der Waals surface area contributed by atoms with Crippen molar-refractivity contribution in [2.45, 2.75) is 38.1 Å². The van der Waals surface area contributed by atoms with E-state index in [1.807, 2.05) is 24.0 Å². The SMILES string of the molecule is c1cc(CN2CCO[C@@H]3[C@H](COCc4nccs4)CC[C@@H]32)ccn1. The van der Waals surface area contributed by atoms with Crippen molar-refractivity contribution in [3.05, 3.63) is 46.7 Å². The van der Waals surface area contributed by atoms with Gasteiger partial charge in [-0.15, -0.1) is 11.3 Å². The number of hydrogen-bond donors (Lipinski definition) is 0. The molecule has 4 rings (SSSR count). The number of rotatable bonds is 6. The van der Waals surface area contributed by atoms with E-state index in [0.717, 1.165) is 31.3 Å². The topological polar surface area (TPSA) is 47.5 Å². The van der Waals surface area contributed by atoms with Crippen LogP contribution in [0.15, 0.2) is 36.1 Å². The van der Waals surface area contributed by atoms with Crippen LogP contribution in [-0.4, -0.2) is 46.8 Å². The summed E-state index contributed by atoms with van der Waals surface area (Å²) in [5, 5.41) is 3.04. The number of morpholine rings is 1. The van der Waals surface area contributed by atoms with Gasteiger partial charge in [0.05, 0.1) is 25.9 Å². The second-order valence-electron chi connectivity index (χ2n) is 6.51. The standard InChI is InChI=1S/C18H23N3O2S/c1-2-16-18(15(1)12-22-13-17-20-7-10-24-17)23-9-8-21(16)11-14-3-5-19-6-4-14/h3-7,10,15-16,18H,1-2,8-9,11-13H2/t15-,16-,18+/m0/s1. The zero-order valence-electron chi connectivity index (χ0n) is 13.7. The highest BCUT2D eigenvalue weighted by atomic mass is 32.1. The van der Waals surface area contributed by atoms with Gasteiger partial charge in [0.15, 0.2) is 0 Å². The lowest BCUT2D eigenvalue weighted by atomic mass is 10.0. The molecule has 3 heterocycles. The average molecular weight is 345 g/mol. The molecule has 128 valence electrons. The monoisotopic (exact) mass is 345 g/mol. The van der Waals surface area contributed by atoms with Gasteiger partial charge < -0.3 is 9.47 Å². The number of thiazole rings is 1. The van der Waals surface area contributed by atoms with E-state index < -0.39 is 0 Å². The van der Waals surface area contributed by atoms with E-state index in [4.69, 9.17) is 9.47 Å². The summed E-state index contributed by atoms with van der Waals surface area (Å²) in [4.78, 5) is 11.0. The Morgan fingerprint density at radius 1 is 1.25 bits per heavy atom. The molecule has 2 aromatic heterocycles. The summed E-state index contributed by atoms with van der Waals surface area (Å²) in [6.07, 6.45) is 8.25. The van der Waals surface area contributed by atoms with E-state index in [9.17, 15) is 0 Å². The number of ether oxygens (including phenoxy) is 2. The molecular formula is C18H23N3O2S. The van der Waals surface area contributed by atoms with Gasteiger partial charge in [0.2, 0.25) is 0 Å². The quantitative estimate of drug-likeness (QED) is 0.806. The van der Waals surface area contributed by atoms with Gasteiger partial charge in [0.25, 0.3) is 0 Å². The maximum atomic E-state index is 6.12. The highest BCUT2D eigenvalue weighted by Crippen LogP contribution is 2.35. The predicted molar refractivity (Wildman–Crippen MR) is 92.7 cm³/mol. The summed E-state index contributed by atoms with van der Waals surface area (Å²) in [5.74, 6) is 0.496. The third kappa shape index (κ3) is 3.67. The Kier molecular flexibility index (Phi) is 5.18. The first-order chi connectivity index (χ1) is 11.9. The third-order valence-corrected chi connectivity index (χ3v) is 5.76. The first-order valence-corrected chi connectivity index (χ1v) is 9.49. The van der Waals surface area contributed by atoms with Crippen molar-refractivity contribution in [1.82, 2.24) is 14.9 Å². The molecule has 1 aliphatic carbocycles. The predicted octanol–water partition coefficient (Wildman–Crippen LogP) is 2.73. The van der Waals surface area contributed by atoms with Crippen LogP contribution >= 0.6 is 11.3 Å². The molecule has 5 nitrogen and oxygen atoms in total. The molecule has 3 atom stereocenters. The number of nitrogens with zero attached hydrogens (tertiary/aromatic N) is 3. The van der Waals surface area contributed by atoms with Crippen LogP contribution in [0.25, 0.3) is 0 Å². The number of aromatic nitrogens is 2. The molecule has 2 aromatic rings. The largest absolute Gasteiger partial charge is 0.375 e. The average Bonchev–Trinajstić information content (AvgIpc) is 3.27. The van der Waals surface area contributed by atoms with Crippen molar-refractivity contribution in [1.29, 1.82) is 0 Å². The summed E-state index contributed by atoms with van der Waals surface area (Å²) < 4.78 is 12.0. The molecule has 6 heteroatoms. The van der Waals surface area contributed by atoms with Gasteiger partial charge in [0, 0.05) is 49.0 Å². The highest BCUT2D eigenvalue weighted by Gasteiger charge is 2.42. The van der Waals surface area contributed by atoms with Gasteiger partial charge in [-0.2, -0.15) is 0 Å². The van der Waals surface area contributed by atoms with Gasteiger partial charge in [-0.1, -0.05) is 0 Å². The van der Waals surface area contributed by atoms with E-state index in [1.165, 1.54) is 18.4 Å². The van der Waals surface area contributed by atoms with Crippen molar-refractivity contribution >= 4 is 11.3 Å². The second kappa shape index (κ2) is 7.70. The normalized spacial score (nSPS) is 27.2. The Labute approximate surface area is 146 Å². The Bertz CT molecular complexity index is 622. The van der Waals surface area contributed by atoms with E-state index >= 15 is 0 Å². The molecule has 0 N–H and O–H groups in total. The van der Waals surface area contributed by atoms with E-state index in [2.05, 4.69) is 27.0 Å². The van der Waals surface area contributed by atoms with Gasteiger partial charge in [-0.25, -0.2) is 4.98 Å². The van der Waals surface area contributed by atoms with Crippen molar-refractivity contribution < 1.29 is 9.47 Å². The van der Waals surface area contributed by atoms with Crippen LogP contribution < -0.4 is 0 Å². The molecule has 1 saturated heterocycles. The fraction of sp³-hybridized carbons (Fsp3) is 0.556. The fourth-order valence-corrected chi connectivity index (χ4v) is 4.41. The minimum Gasteiger partial charge on any atom is -0.375 e. The molecule has 24 heavy (non-hydrogen) atoms. The number of fused-ring (bicyclic) bond motifs is 1. The molecule has 0 unspecified atom stereocenters. The molecule has 0 spiro atoms. The molecular weight excluding hydrogens is 322 g/mol. The molecule has 0 bridgehead atoms. The first kappa shape index (κ1) is 16.1. The van der Waals surface area contributed by atoms with E-state index in [0.29, 0.717) is 24.7 Å². The smallest absolute Gasteiger partial charge is 0.118 e. The van der Waals surface area contributed by atoms with Crippen LogP contribution in [0.4, 0.5) is 0 Å². The van der Waals surface area contributed by atoms with Crippen molar-refractivity contribution in [3.63, 3.8) is 0 Å². The summed E-state index contributed by atoms with van der Waals surface area (Å²) in [6, 6.07) is 4.72. The molecule has 0 radical (unpaired) electrons. The summed E-state index contributed by atoms with van der Waals surface area (Å²) in [7, 11) is 0. The van der Waals surface area contributed by atoms with Crippen LogP contribution in [0.5, 0.6) is 0 Å². The third-order valence-electron chi connectivity index (χ3n) is 5.01. The molecule has 2 fully saturated rings. The minimum absolute atomic E-state index is 0.303. The summed E-state index contributed by atoms with van der Waals surface area (Å²) in [5.41, 5.74) is 1.33. The van der Waals surface area contributed by atoms with Gasteiger partial charge in [-0.05, 0) is 30.5 Å². The van der Waals surface area contributed by atoms with Crippen molar-refractivity contribution in [2.75, 3.05) is 19.8 Å². The first-order valence-electron chi connectivity index (χ1n) is 8.61. The molecule has 1 saturated carbocycles. The lowest BCUT2D eigenvalue weighted by molar-refractivity contribution is -0.0891. The molecule has 2 aliphatic rings. The van der Waals surface area contributed by atoms with E-state index in [-0.39, 0.29) is 0 Å². The zero-order chi connectivity index (χ0) is 16.2. The summed E-state index contributed by atoms with van der Waals surface area (Å²) >= 11 is 1.65. The zero-order valence-corrected chi connectivity index (χ0v) is 14.5. The summed E-state index contributed by atoms with van der Waals surface area (Å²) in [6.45, 7) is 4.20. The lowest BCUT2D eigenvalue weighted by Crippen LogP contribution is -2.50. The fourth-order valence-electron chi connectivity index (χ4n) is 3.86. The maximum Gasteiger partial charge on any atom is 0.118 e. The lowest BCUT2D eigenvalue weighted by Gasteiger charge is -2.39. The van der Waals surface area contributed by atoms with Crippen molar-refractivity contribution in [2.24, 2.45) is 5.92 Å². The Hall–Kier alpha value is -1.34. The van der Waals surface area contributed by atoms with Crippen molar-refractivity contribution in [3.8, 4) is 0 Å². The van der Waals surface area contributed by atoms with Crippen LogP contribution in [-0.2, 0) is 22.6 Å². The Morgan fingerprint density at radius 3 is 3.00 bits per heavy atom. The Morgan fingerprint density at radius 2 is 2.17 bits per heavy atom. The Balaban J connectivity index is 1.32. The van der Waals surface area contributed by atoms with Crippen LogP contribution in [0.2, 0.25) is 0 Å². The molecule has 0 amide bonds. The van der Waals surface area contributed by atoms with Gasteiger partial charge in [0.1, 0.15) is 5.01 Å². The molecule has 1 aliphatic heterocycles. The number of hydrogen-bond acceptors (Lipinski definition) is 6. The maximum absolute atomic E-state index is 6.12. The van der Waals surface area contributed by atoms with E-state index in [1.54, 1.807) is 11.3 Å². The second-order valence-corrected chi connectivity index (χ2v) is 7.49. The van der Waals surface area contributed by atoms with Crippen LogP contribution in [0.3, 0.4) is 0 Å².